The van der Waals surface area contributed by atoms with Gasteiger partial charge in [-0.15, -0.1) is 0 Å². The van der Waals surface area contributed by atoms with Crippen molar-refractivity contribution in [1.82, 2.24) is 0 Å². The Morgan fingerprint density at radius 1 is 0.750 bits per heavy atom. The van der Waals surface area contributed by atoms with Crippen LogP contribution in [-0.2, 0) is 0 Å². The van der Waals surface area contributed by atoms with E-state index in [0.29, 0.717) is 11.8 Å². The first-order valence-electron chi connectivity index (χ1n) is 10.0. The van der Waals surface area contributed by atoms with Crippen LogP contribution >= 0.6 is 0 Å². The molecule has 0 aliphatic heterocycles. The maximum atomic E-state index is 12.9. The minimum absolute atomic E-state index is 0.111. The number of carbonyl (C=O) groups is 1. The predicted molar refractivity (Wildman–Crippen MR) is 117 cm³/mol. The summed E-state index contributed by atoms with van der Waals surface area (Å²) in [5.74, 6) is 0.881. The van der Waals surface area contributed by atoms with E-state index in [2.05, 4.69) is 80.6 Å². The normalized spacial score (nSPS) is 21.2. The minimum Gasteiger partial charge on any atom is -0.289 e. The molecule has 4 rings (SSSR count). The second kappa shape index (κ2) is 7.98. The van der Waals surface area contributed by atoms with Gasteiger partial charge in [-0.05, 0) is 37.8 Å². The van der Waals surface area contributed by atoms with Gasteiger partial charge in [0.25, 0.3) is 0 Å². The average molecular weight is 367 g/mol. The van der Waals surface area contributed by atoms with Gasteiger partial charge >= 0.3 is 0 Å². The maximum absolute atomic E-state index is 12.9. The quantitative estimate of drug-likeness (QED) is 0.542. The summed E-state index contributed by atoms with van der Waals surface area (Å²) in [4.78, 5) is 12.9. The molecule has 0 radical (unpaired) electrons. The number of hydrogen-bond donors (Lipinski definition) is 0. The molecule has 0 saturated heterocycles. The molecule has 2 aliphatic carbocycles. The van der Waals surface area contributed by atoms with Crippen LogP contribution in [0.2, 0.25) is 0 Å². The molecule has 0 fully saturated rings. The molecule has 2 aliphatic rings. The van der Waals surface area contributed by atoms with Crippen molar-refractivity contribution in [2.75, 3.05) is 0 Å². The van der Waals surface area contributed by atoms with Crippen molar-refractivity contribution in [2.45, 2.75) is 38.5 Å². The molecule has 2 atom stereocenters. The largest absolute Gasteiger partial charge is 0.289 e. The minimum atomic E-state index is 0.111. The van der Waals surface area contributed by atoms with Gasteiger partial charge in [-0.1, -0.05) is 96.1 Å². The van der Waals surface area contributed by atoms with Gasteiger partial charge in [-0.3, -0.25) is 4.79 Å². The molecule has 0 N–H and O–H groups in total. The Morgan fingerprint density at radius 2 is 1.32 bits per heavy atom. The summed E-state index contributed by atoms with van der Waals surface area (Å²) in [6.45, 7) is 4.23. The number of Topliss-reactive ketones (excluding diaryl/α,β-unsaturated/α-hetero) is 1. The molecule has 140 valence electrons. The third kappa shape index (κ3) is 3.99. The summed E-state index contributed by atoms with van der Waals surface area (Å²) in [5, 5.41) is 0. The van der Waals surface area contributed by atoms with E-state index in [0.717, 1.165) is 24.0 Å². The van der Waals surface area contributed by atoms with Crippen LogP contribution in [0.5, 0.6) is 0 Å². The van der Waals surface area contributed by atoms with Crippen molar-refractivity contribution < 1.29 is 4.79 Å². The van der Waals surface area contributed by atoms with Crippen molar-refractivity contribution in [1.29, 1.82) is 0 Å². The SMILES string of the molecule is CC1=CCC(c2ccc(C(=O)C3=CCC(c4ccc(C)cc4)C=C3)cc2)C=C1. The Bertz CT molecular complexity index is 982. The van der Waals surface area contributed by atoms with Crippen molar-refractivity contribution in [3.8, 4) is 0 Å². The van der Waals surface area contributed by atoms with E-state index in [1.807, 2.05) is 18.2 Å². The molecule has 0 saturated carbocycles. The molecule has 2 aromatic carbocycles. The lowest BCUT2D eigenvalue weighted by Gasteiger charge is -2.17. The summed E-state index contributed by atoms with van der Waals surface area (Å²) in [6, 6.07) is 16.8. The van der Waals surface area contributed by atoms with E-state index in [1.165, 1.54) is 22.3 Å². The number of aryl methyl sites for hydroxylation is 1. The van der Waals surface area contributed by atoms with E-state index >= 15 is 0 Å². The Morgan fingerprint density at radius 3 is 1.86 bits per heavy atom. The number of benzene rings is 2. The monoisotopic (exact) mass is 366 g/mol. The molecule has 0 amide bonds. The van der Waals surface area contributed by atoms with Gasteiger partial charge in [-0.25, -0.2) is 0 Å². The van der Waals surface area contributed by atoms with Crippen LogP contribution in [-0.4, -0.2) is 5.78 Å². The van der Waals surface area contributed by atoms with Crippen molar-refractivity contribution in [3.63, 3.8) is 0 Å². The third-order valence-electron chi connectivity index (χ3n) is 5.75. The van der Waals surface area contributed by atoms with E-state index in [4.69, 9.17) is 0 Å². The lowest BCUT2D eigenvalue weighted by molar-refractivity contribution is 0.103. The second-order valence-electron chi connectivity index (χ2n) is 7.87. The Hall–Kier alpha value is -2.93. The van der Waals surface area contributed by atoms with Crippen LogP contribution in [0, 0.1) is 6.92 Å². The molecule has 0 aromatic heterocycles. The third-order valence-corrected chi connectivity index (χ3v) is 5.75. The highest BCUT2D eigenvalue weighted by Gasteiger charge is 2.17. The first kappa shape index (κ1) is 18.4. The van der Waals surface area contributed by atoms with Gasteiger partial charge < -0.3 is 0 Å². The highest BCUT2D eigenvalue weighted by atomic mass is 16.1. The molecule has 1 heteroatoms. The predicted octanol–water partition coefficient (Wildman–Crippen LogP) is 6.84. The topological polar surface area (TPSA) is 17.1 Å². The molecule has 1 nitrogen and oxygen atoms in total. The molecule has 0 spiro atoms. The van der Waals surface area contributed by atoms with Gasteiger partial charge in [0.1, 0.15) is 0 Å². The van der Waals surface area contributed by atoms with Crippen molar-refractivity contribution in [2.24, 2.45) is 0 Å². The van der Waals surface area contributed by atoms with Crippen LogP contribution in [0.1, 0.15) is 58.6 Å². The van der Waals surface area contributed by atoms with Crippen molar-refractivity contribution in [3.05, 3.63) is 118 Å². The zero-order chi connectivity index (χ0) is 19.5. The number of allylic oxidation sites excluding steroid dienone is 8. The maximum Gasteiger partial charge on any atom is 0.192 e. The molecular formula is C27H26O. The van der Waals surface area contributed by atoms with E-state index < -0.39 is 0 Å². The first-order valence-corrected chi connectivity index (χ1v) is 10.0. The van der Waals surface area contributed by atoms with Crippen LogP contribution in [0.15, 0.2) is 96.1 Å². The molecule has 0 heterocycles. The fourth-order valence-corrected chi connectivity index (χ4v) is 3.87. The Balaban J connectivity index is 1.43. The smallest absolute Gasteiger partial charge is 0.192 e. The summed E-state index contributed by atoms with van der Waals surface area (Å²) in [6.07, 6.45) is 14.8. The van der Waals surface area contributed by atoms with E-state index in [-0.39, 0.29) is 5.78 Å². The second-order valence-corrected chi connectivity index (χ2v) is 7.87. The summed E-state index contributed by atoms with van der Waals surface area (Å²) in [7, 11) is 0. The lowest BCUT2D eigenvalue weighted by atomic mass is 9.87. The fourth-order valence-electron chi connectivity index (χ4n) is 3.87. The molecule has 28 heavy (non-hydrogen) atoms. The van der Waals surface area contributed by atoms with E-state index in [9.17, 15) is 4.79 Å². The van der Waals surface area contributed by atoms with Crippen molar-refractivity contribution >= 4 is 5.78 Å². The molecule has 2 aromatic rings. The van der Waals surface area contributed by atoms with E-state index in [1.54, 1.807) is 0 Å². The van der Waals surface area contributed by atoms with Crippen LogP contribution in [0.25, 0.3) is 0 Å². The van der Waals surface area contributed by atoms with Gasteiger partial charge in [-0.2, -0.15) is 0 Å². The summed E-state index contributed by atoms with van der Waals surface area (Å²) >= 11 is 0. The molecular weight excluding hydrogens is 340 g/mol. The standard InChI is InChI=1S/C27H26O/c1-19-3-7-21(8-4-19)23-11-15-25(16-12-23)27(28)26-17-13-24(14-18-26)22-9-5-20(2)6-10-22/h3-9,11,13-18,22-23H,10,12H2,1-2H3. The fraction of sp³-hybridized carbons (Fsp3) is 0.222. The first-order chi connectivity index (χ1) is 13.6. The Kier molecular flexibility index (Phi) is 5.25. The number of rotatable bonds is 4. The highest BCUT2D eigenvalue weighted by molar-refractivity contribution is 6.10. The number of ketones is 1. The molecule has 2 unspecified atom stereocenters. The number of carbonyl (C=O) groups excluding carboxylic acids is 1. The Labute approximate surface area is 167 Å². The zero-order valence-corrected chi connectivity index (χ0v) is 16.6. The van der Waals surface area contributed by atoms with Crippen LogP contribution in [0.4, 0.5) is 0 Å². The summed E-state index contributed by atoms with van der Waals surface area (Å²) < 4.78 is 0. The van der Waals surface area contributed by atoms with Gasteiger partial charge in [0.05, 0.1) is 0 Å². The van der Waals surface area contributed by atoms with Crippen LogP contribution in [0.3, 0.4) is 0 Å². The highest BCUT2D eigenvalue weighted by Crippen LogP contribution is 2.30. The number of hydrogen-bond acceptors (Lipinski definition) is 1. The van der Waals surface area contributed by atoms with Gasteiger partial charge in [0.2, 0.25) is 0 Å². The van der Waals surface area contributed by atoms with Crippen LogP contribution < -0.4 is 0 Å². The zero-order valence-electron chi connectivity index (χ0n) is 16.6. The van der Waals surface area contributed by atoms with Gasteiger partial charge in [0, 0.05) is 23.0 Å². The summed E-state index contributed by atoms with van der Waals surface area (Å²) in [5.41, 5.74) is 6.73. The lowest BCUT2D eigenvalue weighted by Crippen LogP contribution is -2.07. The molecule has 0 bridgehead atoms. The average Bonchev–Trinajstić information content (AvgIpc) is 2.75. The van der Waals surface area contributed by atoms with Gasteiger partial charge in [0.15, 0.2) is 5.78 Å².